The molecule has 3 heterocycles. The molecule has 2 fully saturated rings. The molecule has 2 aliphatic heterocycles. The van der Waals surface area contributed by atoms with E-state index < -0.39 is 29.4 Å². The van der Waals surface area contributed by atoms with Crippen LogP contribution in [0.2, 0.25) is 0 Å². The first-order chi connectivity index (χ1) is 16.6. The topological polar surface area (TPSA) is 90.5 Å². The number of carbonyl (C=O) groups is 3. The molecule has 2 aliphatic rings. The Balaban J connectivity index is 1.50. The number of morpholine rings is 1. The summed E-state index contributed by atoms with van der Waals surface area (Å²) in [6, 6.07) is 15.4. The Morgan fingerprint density at radius 3 is 2.65 bits per heavy atom. The molecule has 2 atom stereocenters. The summed E-state index contributed by atoms with van der Waals surface area (Å²) in [5.41, 5.74) is 1.25. The molecule has 1 amide bonds. The zero-order valence-electron chi connectivity index (χ0n) is 19.0. The second-order valence-corrected chi connectivity index (χ2v) is 8.69. The summed E-state index contributed by atoms with van der Waals surface area (Å²) in [7, 11) is 1.56. The van der Waals surface area contributed by atoms with Crippen molar-refractivity contribution in [2.75, 3.05) is 46.5 Å². The molecule has 1 N–H and O–H groups in total. The number of Topliss-reactive ketones (excluding diaryl/α,β-unsaturated/α-hetero) is 2. The van der Waals surface area contributed by atoms with Crippen LogP contribution in [0, 0.1) is 5.92 Å². The molecule has 176 valence electrons. The van der Waals surface area contributed by atoms with Gasteiger partial charge in [-0.2, -0.15) is 0 Å². The van der Waals surface area contributed by atoms with E-state index in [4.69, 9.17) is 13.9 Å². The first-order valence-electron chi connectivity index (χ1n) is 11.5. The minimum atomic E-state index is -1.18. The van der Waals surface area contributed by atoms with Crippen LogP contribution in [0.25, 0.3) is 11.0 Å². The van der Waals surface area contributed by atoms with Gasteiger partial charge in [0.05, 0.1) is 39.5 Å². The smallest absolute Gasteiger partial charge is 0.291 e. The summed E-state index contributed by atoms with van der Waals surface area (Å²) >= 11 is 0. The number of ether oxygens (including phenoxy) is 2. The van der Waals surface area contributed by atoms with Crippen LogP contribution in [0.4, 0.5) is 0 Å². The predicted octanol–water partition coefficient (Wildman–Crippen LogP) is 1.31. The third-order valence-corrected chi connectivity index (χ3v) is 6.70. The minimum Gasteiger partial charge on any atom is -0.497 e. The van der Waals surface area contributed by atoms with Crippen molar-refractivity contribution in [2.24, 2.45) is 5.92 Å². The number of carbonyl (C=O) groups excluding carboxylic acids is 3. The number of amides is 1. The molecular formula is C26H27N2O6+. The number of rotatable bonds is 7. The van der Waals surface area contributed by atoms with Gasteiger partial charge in [0.2, 0.25) is 11.6 Å². The monoisotopic (exact) mass is 463 g/mol. The largest absolute Gasteiger partial charge is 0.497 e. The molecular weight excluding hydrogens is 436 g/mol. The number of hydrogen-bond donors (Lipinski definition) is 1. The number of likely N-dealkylation sites (tertiary alicyclic amines) is 1. The van der Waals surface area contributed by atoms with Gasteiger partial charge in [-0.3, -0.25) is 14.4 Å². The molecule has 34 heavy (non-hydrogen) atoms. The molecule has 0 saturated carbocycles. The van der Waals surface area contributed by atoms with E-state index in [0.29, 0.717) is 43.2 Å². The molecule has 8 nitrogen and oxygen atoms in total. The number of benzene rings is 2. The van der Waals surface area contributed by atoms with Gasteiger partial charge in [0.1, 0.15) is 30.3 Å². The first-order valence-corrected chi connectivity index (χ1v) is 11.5. The molecule has 5 rings (SSSR count). The van der Waals surface area contributed by atoms with Crippen LogP contribution < -0.4 is 9.64 Å². The number of nitrogens with one attached hydrogen (secondary N) is 1. The van der Waals surface area contributed by atoms with Gasteiger partial charge in [0.15, 0.2) is 5.76 Å². The standard InChI is InChI=1S/C26H26N2O6/c1-32-19-7-4-6-18(15-19)23-22(24(29)21-16-17-5-2-3-8-20(17)34-21)25(30)26(31)28(23)10-9-27-11-13-33-14-12-27/h2-8,15-16,22-23H,9-14H2,1H3/p+1. The molecule has 2 unspecified atom stereocenters. The van der Waals surface area contributed by atoms with Crippen LogP contribution in [0.15, 0.2) is 59.0 Å². The van der Waals surface area contributed by atoms with Crippen molar-refractivity contribution in [3.8, 4) is 5.75 Å². The highest BCUT2D eigenvalue weighted by molar-refractivity contribution is 6.43. The van der Waals surface area contributed by atoms with Gasteiger partial charge in [0, 0.05) is 5.39 Å². The highest BCUT2D eigenvalue weighted by Crippen LogP contribution is 2.39. The zero-order valence-corrected chi connectivity index (χ0v) is 19.0. The molecule has 0 radical (unpaired) electrons. The molecule has 0 bridgehead atoms. The van der Waals surface area contributed by atoms with Crippen LogP contribution in [-0.4, -0.2) is 68.9 Å². The summed E-state index contributed by atoms with van der Waals surface area (Å²) in [5, 5.41) is 0.772. The van der Waals surface area contributed by atoms with E-state index >= 15 is 0 Å². The second-order valence-electron chi connectivity index (χ2n) is 8.69. The van der Waals surface area contributed by atoms with E-state index in [1.165, 1.54) is 4.90 Å². The number of ketones is 2. The van der Waals surface area contributed by atoms with Crippen LogP contribution >= 0.6 is 0 Å². The van der Waals surface area contributed by atoms with E-state index in [1.807, 2.05) is 24.3 Å². The van der Waals surface area contributed by atoms with Gasteiger partial charge in [-0.25, -0.2) is 0 Å². The van der Waals surface area contributed by atoms with Crippen LogP contribution in [0.5, 0.6) is 5.75 Å². The summed E-state index contributed by atoms with van der Waals surface area (Å²) in [5.74, 6) is -2.31. The summed E-state index contributed by atoms with van der Waals surface area (Å²) in [6.45, 7) is 4.09. The number of nitrogens with zero attached hydrogens (tertiary/aromatic N) is 1. The quantitative estimate of drug-likeness (QED) is 0.323. The second kappa shape index (κ2) is 9.40. The molecule has 0 spiro atoms. The highest BCUT2D eigenvalue weighted by Gasteiger charge is 2.52. The van der Waals surface area contributed by atoms with Crippen molar-refractivity contribution < 1.29 is 33.2 Å². The van der Waals surface area contributed by atoms with Crippen LogP contribution in [-0.2, 0) is 14.3 Å². The maximum Gasteiger partial charge on any atom is 0.291 e. The highest BCUT2D eigenvalue weighted by atomic mass is 16.5. The average molecular weight is 464 g/mol. The van der Waals surface area contributed by atoms with Gasteiger partial charge in [-0.15, -0.1) is 0 Å². The SMILES string of the molecule is COc1cccc(C2C(C(=O)c3cc4ccccc4o3)C(=O)C(=O)N2CC[NH+]2CCOCC2)c1. The minimum absolute atomic E-state index is 0.0842. The normalized spacial score (nSPS) is 21.4. The van der Waals surface area contributed by atoms with Crippen LogP contribution in [0.3, 0.4) is 0 Å². The third kappa shape index (κ3) is 4.10. The first kappa shape index (κ1) is 22.3. The Labute approximate surface area is 197 Å². The fourth-order valence-electron chi connectivity index (χ4n) is 4.87. The molecule has 2 aromatic carbocycles. The van der Waals surface area contributed by atoms with Crippen molar-refractivity contribution in [2.45, 2.75) is 6.04 Å². The van der Waals surface area contributed by atoms with E-state index in [2.05, 4.69) is 0 Å². The maximum atomic E-state index is 13.6. The molecule has 0 aliphatic carbocycles. The van der Waals surface area contributed by atoms with Crippen molar-refractivity contribution >= 4 is 28.4 Å². The van der Waals surface area contributed by atoms with E-state index in [9.17, 15) is 14.4 Å². The number of quaternary nitrogens is 1. The fraction of sp³-hybridized carbons (Fsp3) is 0.346. The van der Waals surface area contributed by atoms with Crippen molar-refractivity contribution in [3.05, 3.63) is 65.9 Å². The molecule has 8 heteroatoms. The van der Waals surface area contributed by atoms with Crippen molar-refractivity contribution in [1.82, 2.24) is 4.90 Å². The Kier molecular flexibility index (Phi) is 6.17. The van der Waals surface area contributed by atoms with Crippen molar-refractivity contribution in [3.63, 3.8) is 0 Å². The number of fused-ring (bicyclic) bond motifs is 1. The maximum absolute atomic E-state index is 13.6. The van der Waals surface area contributed by atoms with Gasteiger partial charge < -0.3 is 23.7 Å². The Hall–Kier alpha value is -3.49. The van der Waals surface area contributed by atoms with Crippen molar-refractivity contribution in [1.29, 1.82) is 0 Å². The van der Waals surface area contributed by atoms with Crippen LogP contribution in [0.1, 0.15) is 22.2 Å². The summed E-state index contributed by atoms with van der Waals surface area (Å²) in [6.07, 6.45) is 0. The lowest BCUT2D eigenvalue weighted by Crippen LogP contribution is -3.14. The lowest BCUT2D eigenvalue weighted by molar-refractivity contribution is -0.907. The average Bonchev–Trinajstić information content (AvgIpc) is 3.42. The van der Waals surface area contributed by atoms with E-state index in [-0.39, 0.29) is 5.76 Å². The number of furan rings is 1. The molecule has 1 aromatic heterocycles. The predicted molar refractivity (Wildman–Crippen MR) is 123 cm³/mol. The number of methoxy groups -OCH3 is 1. The van der Waals surface area contributed by atoms with E-state index in [0.717, 1.165) is 18.5 Å². The Morgan fingerprint density at radius 1 is 1.09 bits per heavy atom. The lowest BCUT2D eigenvalue weighted by atomic mass is 9.88. The third-order valence-electron chi connectivity index (χ3n) is 6.70. The summed E-state index contributed by atoms with van der Waals surface area (Å²) < 4.78 is 16.6. The summed E-state index contributed by atoms with van der Waals surface area (Å²) in [4.78, 5) is 42.9. The number of hydrogen-bond acceptors (Lipinski definition) is 6. The zero-order chi connectivity index (χ0) is 23.7. The molecule has 2 saturated heterocycles. The fourth-order valence-corrected chi connectivity index (χ4v) is 4.87. The van der Waals surface area contributed by atoms with E-state index in [1.54, 1.807) is 42.3 Å². The van der Waals surface area contributed by atoms with Gasteiger partial charge in [0.25, 0.3) is 5.91 Å². The number of para-hydroxylation sites is 1. The van der Waals surface area contributed by atoms with Gasteiger partial charge in [-0.05, 0) is 29.8 Å². The van der Waals surface area contributed by atoms with Gasteiger partial charge in [-0.1, -0.05) is 30.3 Å². The lowest BCUT2D eigenvalue weighted by Gasteiger charge is -2.30. The Bertz CT molecular complexity index is 1200. The Morgan fingerprint density at radius 2 is 1.88 bits per heavy atom. The van der Waals surface area contributed by atoms with Gasteiger partial charge >= 0.3 is 0 Å². The molecule has 3 aromatic rings.